The predicted octanol–water partition coefficient (Wildman–Crippen LogP) is 3.36. The van der Waals surface area contributed by atoms with E-state index in [-0.39, 0.29) is 5.92 Å². The Morgan fingerprint density at radius 1 is 1.11 bits per heavy atom. The van der Waals surface area contributed by atoms with Crippen LogP contribution in [0.1, 0.15) is 22.6 Å². The van der Waals surface area contributed by atoms with Crippen LogP contribution in [0.15, 0.2) is 58.3 Å². The molecule has 1 aliphatic rings. The Morgan fingerprint density at radius 3 is 2.75 bits per heavy atom. The van der Waals surface area contributed by atoms with Crippen LogP contribution in [0.2, 0.25) is 0 Å². The number of aromatic amines is 1. The fraction of sp³-hybridized carbons (Fsp3) is 0.150. The van der Waals surface area contributed by atoms with Gasteiger partial charge < -0.3 is 4.74 Å². The minimum Gasteiger partial charge on any atom is -0.497 e. The Kier molecular flexibility index (Phi) is 3.66. The van der Waals surface area contributed by atoms with E-state index in [9.17, 15) is 5.26 Å². The molecule has 2 aromatic heterocycles. The number of nitrogens with one attached hydrogen (secondary N) is 1. The molecule has 8 heteroatoms. The van der Waals surface area contributed by atoms with Gasteiger partial charge in [0.1, 0.15) is 22.7 Å². The molecule has 136 valence electrons. The molecule has 1 N–H and O–H groups in total. The largest absolute Gasteiger partial charge is 0.497 e. The van der Waals surface area contributed by atoms with Crippen LogP contribution in [-0.4, -0.2) is 33.3 Å². The van der Waals surface area contributed by atoms with Crippen molar-refractivity contribution >= 4 is 22.6 Å². The lowest BCUT2D eigenvalue weighted by Gasteiger charge is -2.27. The van der Waals surface area contributed by atoms with Gasteiger partial charge in [-0.05, 0) is 51.8 Å². The summed E-state index contributed by atoms with van der Waals surface area (Å²) in [5.74, 6) is 0.548. The van der Waals surface area contributed by atoms with Crippen molar-refractivity contribution < 1.29 is 9.37 Å². The van der Waals surface area contributed by atoms with E-state index in [2.05, 4.69) is 26.6 Å². The van der Waals surface area contributed by atoms with Crippen LogP contribution in [0.4, 0.5) is 5.82 Å². The summed E-state index contributed by atoms with van der Waals surface area (Å²) in [4.78, 5) is 4.70. The topological polar surface area (TPSA) is 113 Å². The number of nitriles is 1. The number of aromatic nitrogens is 4. The van der Waals surface area contributed by atoms with Crippen molar-refractivity contribution in [3.8, 4) is 11.8 Å². The highest BCUT2D eigenvalue weighted by molar-refractivity contribution is 6.07. The molecule has 1 aliphatic heterocycles. The molecule has 2 atom stereocenters. The predicted molar refractivity (Wildman–Crippen MR) is 101 cm³/mol. The average Bonchev–Trinajstić information content (AvgIpc) is 3.41. The van der Waals surface area contributed by atoms with Crippen LogP contribution < -0.4 is 4.74 Å². The molecule has 0 saturated carbocycles. The van der Waals surface area contributed by atoms with Gasteiger partial charge in [-0.3, -0.25) is 5.10 Å². The summed E-state index contributed by atoms with van der Waals surface area (Å²) in [6.07, 6.45) is 1.71. The highest BCUT2D eigenvalue weighted by atomic mass is 16.6. The number of H-pyrrole nitrogens is 1. The third-order valence-electron chi connectivity index (χ3n) is 5.02. The summed E-state index contributed by atoms with van der Waals surface area (Å²) in [6.45, 7) is 0. The van der Waals surface area contributed by atoms with Crippen molar-refractivity contribution in [1.82, 2.24) is 20.5 Å². The third-order valence-corrected chi connectivity index (χ3v) is 5.02. The second-order valence-corrected chi connectivity index (χ2v) is 6.46. The second-order valence-electron chi connectivity index (χ2n) is 6.46. The maximum atomic E-state index is 10.1. The fourth-order valence-electron chi connectivity index (χ4n) is 3.70. The van der Waals surface area contributed by atoms with Crippen LogP contribution >= 0.6 is 0 Å². The Bertz CT molecular complexity index is 1230. The Hall–Kier alpha value is -3.99. The Balaban J connectivity index is 1.71. The van der Waals surface area contributed by atoms with Crippen LogP contribution in [0.25, 0.3) is 11.0 Å². The first-order valence-electron chi connectivity index (χ1n) is 8.67. The summed E-state index contributed by atoms with van der Waals surface area (Å²) in [6, 6.07) is 15.6. The highest BCUT2D eigenvalue weighted by Gasteiger charge is 2.38. The SMILES string of the molecule is COc1ccc(C2=Nc3[nH]ncc3C(c3cccc4nonc34)C2C#N)cc1. The van der Waals surface area contributed by atoms with Crippen LogP contribution in [-0.2, 0) is 0 Å². The maximum Gasteiger partial charge on any atom is 0.152 e. The minimum atomic E-state index is -0.527. The molecule has 0 radical (unpaired) electrons. The molecule has 8 nitrogen and oxygen atoms in total. The van der Waals surface area contributed by atoms with Crippen LogP contribution in [0, 0.1) is 17.2 Å². The second kappa shape index (κ2) is 6.32. The zero-order chi connectivity index (χ0) is 19.1. The molecule has 0 spiro atoms. The number of rotatable bonds is 3. The number of benzene rings is 2. The quantitative estimate of drug-likeness (QED) is 0.591. The van der Waals surface area contributed by atoms with Gasteiger partial charge in [-0.15, -0.1) is 0 Å². The summed E-state index contributed by atoms with van der Waals surface area (Å²) in [5.41, 5.74) is 4.50. The maximum absolute atomic E-state index is 10.1. The molecule has 0 saturated heterocycles. The first-order valence-corrected chi connectivity index (χ1v) is 8.67. The molecular weight excluding hydrogens is 356 g/mol. The molecule has 5 rings (SSSR count). The average molecular weight is 370 g/mol. The lowest BCUT2D eigenvalue weighted by molar-refractivity contribution is 0.315. The van der Waals surface area contributed by atoms with Gasteiger partial charge in [0.25, 0.3) is 0 Å². The summed E-state index contributed by atoms with van der Waals surface area (Å²) >= 11 is 0. The first kappa shape index (κ1) is 16.2. The lowest BCUT2D eigenvalue weighted by atomic mass is 9.76. The van der Waals surface area contributed by atoms with E-state index in [1.807, 2.05) is 42.5 Å². The summed E-state index contributed by atoms with van der Waals surface area (Å²) in [7, 11) is 1.62. The van der Waals surface area contributed by atoms with Crippen molar-refractivity contribution in [3.63, 3.8) is 0 Å². The van der Waals surface area contributed by atoms with Crippen molar-refractivity contribution in [2.75, 3.05) is 7.11 Å². The van der Waals surface area contributed by atoms with E-state index in [4.69, 9.17) is 14.4 Å². The number of aliphatic imine (C=N–C) groups is 1. The fourth-order valence-corrected chi connectivity index (χ4v) is 3.70. The monoisotopic (exact) mass is 370 g/mol. The number of ether oxygens (including phenoxy) is 1. The smallest absolute Gasteiger partial charge is 0.152 e. The van der Waals surface area contributed by atoms with E-state index in [1.54, 1.807) is 13.3 Å². The van der Waals surface area contributed by atoms with Gasteiger partial charge in [0.05, 0.1) is 25.1 Å². The Labute approximate surface area is 159 Å². The number of methoxy groups -OCH3 is 1. The van der Waals surface area contributed by atoms with Crippen LogP contribution in [0.3, 0.4) is 0 Å². The molecule has 3 heterocycles. The standard InChI is InChI=1S/C20H14N6O2/c1-27-12-7-5-11(6-8-12)18-14(9-21)17(15-10-22-24-20(15)23-18)13-3-2-4-16-19(13)26-28-25-16/h2-8,10,14,17H,1H3,(H,22,24). The number of hydrogen-bond acceptors (Lipinski definition) is 7. The van der Waals surface area contributed by atoms with Gasteiger partial charge in [-0.2, -0.15) is 10.4 Å². The minimum absolute atomic E-state index is 0.302. The number of hydrogen-bond donors (Lipinski definition) is 1. The van der Waals surface area contributed by atoms with E-state index in [0.717, 1.165) is 22.4 Å². The van der Waals surface area contributed by atoms with Gasteiger partial charge >= 0.3 is 0 Å². The van der Waals surface area contributed by atoms with Crippen molar-refractivity contribution in [2.45, 2.75) is 5.92 Å². The molecule has 0 fully saturated rings. The van der Waals surface area contributed by atoms with Crippen molar-refractivity contribution in [3.05, 3.63) is 65.4 Å². The number of fused-ring (bicyclic) bond motifs is 2. The van der Waals surface area contributed by atoms with Gasteiger partial charge in [0, 0.05) is 11.5 Å². The first-order chi connectivity index (χ1) is 13.8. The molecule has 28 heavy (non-hydrogen) atoms. The summed E-state index contributed by atoms with van der Waals surface area (Å²) < 4.78 is 10.2. The van der Waals surface area contributed by atoms with Gasteiger partial charge in [0.2, 0.25) is 0 Å². The van der Waals surface area contributed by atoms with E-state index in [1.165, 1.54) is 0 Å². The zero-order valence-electron chi connectivity index (χ0n) is 14.8. The highest BCUT2D eigenvalue weighted by Crippen LogP contribution is 2.44. The van der Waals surface area contributed by atoms with E-state index >= 15 is 0 Å². The van der Waals surface area contributed by atoms with E-state index in [0.29, 0.717) is 22.6 Å². The molecule has 4 aromatic rings. The van der Waals surface area contributed by atoms with Crippen molar-refractivity contribution in [1.29, 1.82) is 5.26 Å². The molecule has 0 amide bonds. The van der Waals surface area contributed by atoms with Crippen LogP contribution in [0.5, 0.6) is 5.75 Å². The molecule has 0 aliphatic carbocycles. The molecule has 2 aromatic carbocycles. The third kappa shape index (κ3) is 2.37. The molecule has 2 unspecified atom stereocenters. The van der Waals surface area contributed by atoms with E-state index < -0.39 is 5.92 Å². The van der Waals surface area contributed by atoms with Crippen molar-refractivity contribution in [2.24, 2.45) is 10.9 Å². The number of nitrogens with zero attached hydrogens (tertiary/aromatic N) is 5. The van der Waals surface area contributed by atoms with Gasteiger partial charge in [-0.25, -0.2) is 9.62 Å². The normalized spacial score (nSPS) is 18.4. The zero-order valence-corrected chi connectivity index (χ0v) is 14.8. The molecule has 0 bridgehead atoms. The summed E-state index contributed by atoms with van der Waals surface area (Å²) in [5, 5.41) is 25.2. The Morgan fingerprint density at radius 2 is 1.96 bits per heavy atom. The van der Waals surface area contributed by atoms with Gasteiger partial charge in [0.15, 0.2) is 5.82 Å². The lowest BCUT2D eigenvalue weighted by Crippen LogP contribution is -2.26. The van der Waals surface area contributed by atoms with Gasteiger partial charge in [-0.1, -0.05) is 12.1 Å². The molecular formula is C20H14N6O2.